The number of nitriles is 1. The number of likely N-dealkylation sites (tertiary alicyclic amines) is 1. The zero-order valence-corrected chi connectivity index (χ0v) is 15.7. The predicted molar refractivity (Wildman–Crippen MR) is 101 cm³/mol. The molecule has 0 N–H and O–H groups in total. The van der Waals surface area contributed by atoms with Crippen LogP contribution in [0.3, 0.4) is 0 Å². The van der Waals surface area contributed by atoms with Crippen LogP contribution >= 0.6 is 0 Å². The first-order chi connectivity index (χ1) is 13.5. The first kappa shape index (κ1) is 18.2. The maximum absolute atomic E-state index is 12.6. The molecule has 0 bridgehead atoms. The molecule has 8 heteroatoms. The van der Waals surface area contributed by atoms with Crippen LogP contribution in [-0.2, 0) is 14.8 Å². The molecule has 28 heavy (non-hydrogen) atoms. The van der Waals surface area contributed by atoms with Crippen LogP contribution in [0.5, 0.6) is 5.75 Å². The molecule has 2 aromatic carbocycles. The second kappa shape index (κ2) is 7.09. The average molecular weight is 395 g/mol. The fourth-order valence-electron chi connectivity index (χ4n) is 3.51. The van der Waals surface area contributed by atoms with Crippen LogP contribution in [-0.4, -0.2) is 38.2 Å². The summed E-state index contributed by atoms with van der Waals surface area (Å²) >= 11 is 0. The Morgan fingerprint density at radius 2 is 2.04 bits per heavy atom. The number of ether oxygens (including phenoxy) is 1. The van der Waals surface area contributed by atoms with Gasteiger partial charge in [0.15, 0.2) is 5.84 Å². The summed E-state index contributed by atoms with van der Waals surface area (Å²) in [5.74, 6) is -0.0842. The molecule has 0 spiro atoms. The van der Waals surface area contributed by atoms with Gasteiger partial charge in [0.25, 0.3) is 10.0 Å². The van der Waals surface area contributed by atoms with Crippen molar-refractivity contribution in [1.82, 2.24) is 4.90 Å². The van der Waals surface area contributed by atoms with Crippen LogP contribution in [0.2, 0.25) is 0 Å². The summed E-state index contributed by atoms with van der Waals surface area (Å²) in [4.78, 5) is 14.6. The van der Waals surface area contributed by atoms with E-state index < -0.39 is 21.9 Å². The van der Waals surface area contributed by atoms with Gasteiger partial charge < -0.3 is 9.64 Å². The van der Waals surface area contributed by atoms with E-state index in [0.29, 0.717) is 42.2 Å². The van der Waals surface area contributed by atoms with Gasteiger partial charge in [0.05, 0.1) is 17.6 Å². The Hall–Kier alpha value is -3.18. The lowest BCUT2D eigenvalue weighted by molar-refractivity contribution is -0.140. The van der Waals surface area contributed by atoms with E-state index in [9.17, 15) is 13.2 Å². The zero-order valence-electron chi connectivity index (χ0n) is 14.9. The summed E-state index contributed by atoms with van der Waals surface area (Å²) in [6.07, 6.45) is 1.37. The van der Waals surface area contributed by atoms with Crippen molar-refractivity contribution in [3.8, 4) is 11.8 Å². The number of rotatable bonds is 2. The largest absolute Gasteiger partial charge is 0.426 e. The van der Waals surface area contributed by atoms with Crippen LogP contribution in [0.25, 0.3) is 0 Å². The summed E-state index contributed by atoms with van der Waals surface area (Å²) < 4.78 is 34.0. The number of fused-ring (bicyclic) bond motifs is 1. The van der Waals surface area contributed by atoms with Gasteiger partial charge in [-0.3, -0.25) is 4.79 Å². The maximum atomic E-state index is 12.6. The summed E-state index contributed by atoms with van der Waals surface area (Å²) in [7, 11) is -3.70. The molecule has 0 radical (unpaired) electrons. The van der Waals surface area contributed by atoms with Gasteiger partial charge in [-0.15, -0.1) is 4.40 Å². The van der Waals surface area contributed by atoms with Crippen molar-refractivity contribution in [1.29, 1.82) is 5.26 Å². The van der Waals surface area contributed by atoms with Gasteiger partial charge in [0.2, 0.25) is 0 Å². The third kappa shape index (κ3) is 3.37. The minimum absolute atomic E-state index is 0.197. The number of piperidine rings is 1. The van der Waals surface area contributed by atoms with Gasteiger partial charge in [-0.1, -0.05) is 18.2 Å². The molecule has 1 fully saturated rings. The Bertz CT molecular complexity index is 1120. The normalized spacial score (nSPS) is 20.0. The van der Waals surface area contributed by atoms with Crippen molar-refractivity contribution in [3.63, 3.8) is 0 Å². The number of hydrogen-bond donors (Lipinski definition) is 0. The molecular weight excluding hydrogens is 378 g/mol. The van der Waals surface area contributed by atoms with Gasteiger partial charge in [0, 0.05) is 18.7 Å². The summed E-state index contributed by atoms with van der Waals surface area (Å²) in [5, 5.41) is 8.96. The molecule has 0 unspecified atom stereocenters. The van der Waals surface area contributed by atoms with E-state index in [2.05, 4.69) is 4.40 Å². The van der Waals surface area contributed by atoms with Gasteiger partial charge in [-0.25, -0.2) is 0 Å². The van der Waals surface area contributed by atoms with Crippen molar-refractivity contribution < 1.29 is 17.9 Å². The molecule has 2 aliphatic heterocycles. The number of nitrogens with zero attached hydrogens (tertiary/aromatic N) is 3. The number of hydrogen-bond acceptors (Lipinski definition) is 6. The van der Waals surface area contributed by atoms with Crippen LogP contribution in [0.4, 0.5) is 0 Å². The number of carbonyl (C=O) groups is 1. The highest BCUT2D eigenvalue weighted by Gasteiger charge is 2.35. The number of benzene rings is 2. The third-order valence-electron chi connectivity index (χ3n) is 4.85. The number of carbonyl (C=O) groups excluding carboxylic acids is 1. The Morgan fingerprint density at radius 1 is 1.21 bits per heavy atom. The molecule has 0 saturated carbocycles. The van der Waals surface area contributed by atoms with E-state index in [0.717, 1.165) is 6.42 Å². The highest BCUT2D eigenvalue weighted by Crippen LogP contribution is 2.30. The highest BCUT2D eigenvalue weighted by molar-refractivity contribution is 7.90. The highest BCUT2D eigenvalue weighted by atomic mass is 32.2. The standard InChI is InChI=1S/C20H17N3O4S/c21-12-14-5-3-7-16(11-14)27-20(24)15-6-4-10-23(13-15)19-17-8-1-2-9-18(17)28(25,26)22-19/h1-3,5,7-9,11,15H,4,6,10,13H2/t15-/m1/s1. The van der Waals surface area contributed by atoms with Crippen molar-refractivity contribution >= 4 is 21.8 Å². The van der Waals surface area contributed by atoms with Crippen molar-refractivity contribution in [2.45, 2.75) is 17.7 Å². The molecule has 1 saturated heterocycles. The Labute approximate surface area is 162 Å². The number of esters is 1. The lowest BCUT2D eigenvalue weighted by atomic mass is 9.97. The molecule has 4 rings (SSSR count). The van der Waals surface area contributed by atoms with Gasteiger partial charge in [-0.2, -0.15) is 13.7 Å². The second-order valence-electron chi connectivity index (χ2n) is 6.73. The van der Waals surface area contributed by atoms with E-state index in [1.807, 2.05) is 11.0 Å². The van der Waals surface area contributed by atoms with Crippen LogP contribution in [0.1, 0.15) is 24.0 Å². The fourth-order valence-corrected chi connectivity index (χ4v) is 4.73. The molecule has 7 nitrogen and oxygen atoms in total. The number of sulfonamides is 1. The zero-order chi connectivity index (χ0) is 19.7. The maximum Gasteiger partial charge on any atom is 0.316 e. The monoisotopic (exact) mass is 395 g/mol. The van der Waals surface area contributed by atoms with Gasteiger partial charge >= 0.3 is 5.97 Å². The molecule has 2 heterocycles. The van der Waals surface area contributed by atoms with Gasteiger partial charge in [0.1, 0.15) is 10.6 Å². The van der Waals surface area contributed by atoms with Crippen LogP contribution < -0.4 is 4.74 Å². The SMILES string of the molecule is N#Cc1cccc(OC(=O)[C@@H]2CCCN(C3=NS(=O)(=O)c4ccccc43)C2)c1. The van der Waals surface area contributed by atoms with Crippen molar-refractivity contribution in [2.24, 2.45) is 10.3 Å². The molecule has 1 atom stereocenters. The Kier molecular flexibility index (Phi) is 4.61. The lowest BCUT2D eigenvalue weighted by Gasteiger charge is -2.32. The first-order valence-electron chi connectivity index (χ1n) is 8.89. The third-order valence-corrected chi connectivity index (χ3v) is 6.17. The average Bonchev–Trinajstić information content (AvgIpc) is 2.99. The van der Waals surface area contributed by atoms with E-state index >= 15 is 0 Å². The van der Waals surface area contributed by atoms with E-state index in [4.69, 9.17) is 10.00 Å². The molecule has 2 aromatic rings. The molecule has 2 aliphatic rings. The minimum atomic E-state index is -3.70. The fraction of sp³-hybridized carbons (Fsp3) is 0.250. The Balaban J connectivity index is 1.52. The van der Waals surface area contributed by atoms with Crippen molar-refractivity contribution in [3.05, 3.63) is 59.7 Å². The van der Waals surface area contributed by atoms with Crippen LogP contribution in [0, 0.1) is 17.2 Å². The summed E-state index contributed by atoms with van der Waals surface area (Å²) in [6.45, 7) is 0.954. The van der Waals surface area contributed by atoms with E-state index in [1.165, 1.54) is 6.07 Å². The first-order valence-corrected chi connectivity index (χ1v) is 10.3. The molecule has 0 amide bonds. The minimum Gasteiger partial charge on any atom is -0.426 e. The predicted octanol–water partition coefficient (Wildman–Crippen LogP) is 2.32. The molecule has 142 valence electrons. The molecular formula is C20H17N3O4S. The van der Waals surface area contributed by atoms with Gasteiger partial charge in [-0.05, 0) is 43.2 Å². The second-order valence-corrected chi connectivity index (χ2v) is 8.30. The summed E-state index contributed by atoms with van der Waals surface area (Å²) in [6, 6.07) is 15.2. The van der Waals surface area contributed by atoms with Crippen molar-refractivity contribution in [2.75, 3.05) is 13.1 Å². The van der Waals surface area contributed by atoms with Crippen LogP contribution in [0.15, 0.2) is 57.8 Å². The lowest BCUT2D eigenvalue weighted by Crippen LogP contribution is -2.43. The smallest absolute Gasteiger partial charge is 0.316 e. The Morgan fingerprint density at radius 3 is 2.86 bits per heavy atom. The topological polar surface area (TPSA) is 99.8 Å². The number of amidine groups is 1. The molecule has 0 aliphatic carbocycles. The van der Waals surface area contributed by atoms with E-state index in [1.54, 1.807) is 42.5 Å². The molecule has 0 aromatic heterocycles. The summed E-state index contributed by atoms with van der Waals surface area (Å²) in [5.41, 5.74) is 0.982. The van der Waals surface area contributed by atoms with E-state index in [-0.39, 0.29) is 4.90 Å². The quantitative estimate of drug-likeness (QED) is 0.571.